The monoisotopic (exact) mass is 461 g/mol. The number of nitrogens with zero attached hydrogens (tertiary/aromatic N) is 1. The van der Waals surface area contributed by atoms with Crippen molar-refractivity contribution < 1.29 is 32.4 Å². The summed E-state index contributed by atoms with van der Waals surface area (Å²) in [6.45, 7) is 2.80. The van der Waals surface area contributed by atoms with Crippen molar-refractivity contribution in [3.63, 3.8) is 0 Å². The Morgan fingerprint density at radius 3 is 2.45 bits per heavy atom. The molecule has 1 aliphatic rings. The van der Waals surface area contributed by atoms with Crippen molar-refractivity contribution in [1.29, 1.82) is 0 Å². The molecule has 1 amide bonds. The number of rotatable bonds is 9. The number of carbonyl (C=O) groups is 3. The number of carbonyl (C=O) groups excluding carboxylic acids is 3. The van der Waals surface area contributed by atoms with Gasteiger partial charge in [-0.05, 0) is 50.4 Å². The summed E-state index contributed by atoms with van der Waals surface area (Å²) >= 11 is 4.02. The Balaban J connectivity index is 2.55. The third kappa shape index (κ3) is 5.98. The summed E-state index contributed by atoms with van der Waals surface area (Å²) in [5, 5.41) is 3.33. The van der Waals surface area contributed by atoms with Crippen LogP contribution in [0.25, 0.3) is 0 Å². The number of halogens is 3. The molecule has 0 saturated carbocycles. The topological polar surface area (TPSA) is 102 Å². The van der Waals surface area contributed by atoms with E-state index in [4.69, 9.17) is 5.73 Å². The third-order valence-corrected chi connectivity index (χ3v) is 5.99. The molecule has 1 aromatic carbocycles. The van der Waals surface area contributed by atoms with E-state index in [2.05, 4.69) is 22.8 Å². The molecule has 1 unspecified atom stereocenters. The predicted molar refractivity (Wildman–Crippen MR) is 110 cm³/mol. The second kappa shape index (κ2) is 10.5. The SMILES string of the molecule is Cc1ccccc1CC1(C(C(=O)[C@@H](N)CS)N(C=O)OC(=O)C(F)(F)F)CCNCC1. The lowest BCUT2D eigenvalue weighted by Crippen LogP contribution is -2.61. The highest BCUT2D eigenvalue weighted by Crippen LogP contribution is 2.41. The first-order valence-electron chi connectivity index (χ1n) is 9.74. The van der Waals surface area contributed by atoms with Crippen molar-refractivity contribution in [2.45, 2.75) is 44.4 Å². The van der Waals surface area contributed by atoms with Gasteiger partial charge in [0.05, 0.1) is 6.04 Å². The number of amides is 1. The summed E-state index contributed by atoms with van der Waals surface area (Å²) in [5.41, 5.74) is 6.67. The summed E-state index contributed by atoms with van der Waals surface area (Å²) in [4.78, 5) is 40.9. The van der Waals surface area contributed by atoms with Crippen LogP contribution >= 0.6 is 12.6 Å². The van der Waals surface area contributed by atoms with Crippen LogP contribution in [0.1, 0.15) is 24.0 Å². The molecule has 1 aliphatic heterocycles. The summed E-state index contributed by atoms with van der Waals surface area (Å²) in [6, 6.07) is 4.72. The molecular weight excluding hydrogens is 435 g/mol. The van der Waals surface area contributed by atoms with Gasteiger partial charge in [-0.2, -0.15) is 30.9 Å². The standard InChI is InChI=1S/C20H26F3N3O4S/c1-13-4-2-3-5-14(13)10-19(6-8-25-9-7-19)17(16(28)15(24)11-31)26(12-27)30-18(29)20(21,22)23/h2-5,12,15,17,25,31H,6-11,24H2,1H3/t15-,17?/m0/s1. The minimum Gasteiger partial charge on any atom is -0.329 e. The Hall–Kier alpha value is -2.11. The van der Waals surface area contributed by atoms with Crippen molar-refractivity contribution in [1.82, 2.24) is 10.4 Å². The number of ketones is 1. The molecule has 0 spiro atoms. The average molecular weight is 462 g/mol. The molecule has 1 heterocycles. The number of aryl methyl sites for hydroxylation is 1. The van der Waals surface area contributed by atoms with E-state index < -0.39 is 35.4 Å². The lowest BCUT2D eigenvalue weighted by molar-refractivity contribution is -0.245. The molecule has 172 valence electrons. The summed E-state index contributed by atoms with van der Waals surface area (Å²) < 4.78 is 38.5. The number of alkyl halides is 3. The third-order valence-electron chi connectivity index (χ3n) is 5.59. The van der Waals surface area contributed by atoms with Gasteiger partial charge in [-0.15, -0.1) is 0 Å². The Labute approximate surface area is 183 Å². The van der Waals surface area contributed by atoms with Gasteiger partial charge in [-0.3, -0.25) is 9.59 Å². The van der Waals surface area contributed by atoms with E-state index in [0.717, 1.165) is 11.1 Å². The number of thiol groups is 1. The molecule has 1 fully saturated rings. The first-order valence-corrected chi connectivity index (χ1v) is 10.4. The first-order chi connectivity index (χ1) is 14.6. The smallest absolute Gasteiger partial charge is 0.329 e. The van der Waals surface area contributed by atoms with Crippen LogP contribution in [0.15, 0.2) is 24.3 Å². The van der Waals surface area contributed by atoms with Crippen LogP contribution < -0.4 is 11.1 Å². The Morgan fingerprint density at radius 2 is 1.94 bits per heavy atom. The first kappa shape index (κ1) is 25.2. The minimum atomic E-state index is -5.34. The fourth-order valence-corrected chi connectivity index (χ4v) is 4.11. The van der Waals surface area contributed by atoms with Gasteiger partial charge < -0.3 is 15.9 Å². The van der Waals surface area contributed by atoms with Crippen molar-refractivity contribution in [3.05, 3.63) is 35.4 Å². The van der Waals surface area contributed by atoms with Crippen molar-refractivity contribution in [3.8, 4) is 0 Å². The van der Waals surface area contributed by atoms with E-state index in [9.17, 15) is 27.6 Å². The van der Waals surface area contributed by atoms with E-state index in [1.807, 2.05) is 31.2 Å². The van der Waals surface area contributed by atoms with Crippen LogP contribution in [0.5, 0.6) is 0 Å². The number of hydrogen-bond acceptors (Lipinski definition) is 7. The van der Waals surface area contributed by atoms with Crippen LogP contribution in [0, 0.1) is 12.3 Å². The summed E-state index contributed by atoms with van der Waals surface area (Å²) in [7, 11) is 0. The van der Waals surface area contributed by atoms with Crippen molar-refractivity contribution in [2.24, 2.45) is 11.1 Å². The maximum atomic E-state index is 13.2. The average Bonchev–Trinajstić information content (AvgIpc) is 2.74. The van der Waals surface area contributed by atoms with Gasteiger partial charge >= 0.3 is 12.1 Å². The van der Waals surface area contributed by atoms with Gasteiger partial charge in [0, 0.05) is 11.2 Å². The fraction of sp³-hybridized carbons (Fsp3) is 0.550. The van der Waals surface area contributed by atoms with E-state index in [0.29, 0.717) is 25.9 Å². The molecule has 2 rings (SSSR count). The highest BCUT2D eigenvalue weighted by atomic mass is 32.1. The fourth-order valence-electron chi connectivity index (χ4n) is 3.93. The van der Waals surface area contributed by atoms with Crippen LogP contribution in [-0.2, 0) is 25.6 Å². The largest absolute Gasteiger partial charge is 0.493 e. The lowest BCUT2D eigenvalue weighted by atomic mass is 9.66. The maximum Gasteiger partial charge on any atom is 0.493 e. The van der Waals surface area contributed by atoms with Gasteiger partial charge in [-0.25, -0.2) is 4.79 Å². The molecule has 11 heteroatoms. The Kier molecular flexibility index (Phi) is 8.49. The van der Waals surface area contributed by atoms with Crippen molar-refractivity contribution in [2.75, 3.05) is 18.8 Å². The molecule has 2 atom stereocenters. The number of piperidine rings is 1. The molecular formula is C20H26F3N3O4S. The molecule has 0 bridgehead atoms. The molecule has 0 radical (unpaired) electrons. The van der Waals surface area contributed by atoms with E-state index in [1.54, 1.807) is 0 Å². The molecule has 3 N–H and O–H groups in total. The summed E-state index contributed by atoms with van der Waals surface area (Å²) in [6.07, 6.45) is -4.42. The van der Waals surface area contributed by atoms with Gasteiger partial charge in [0.2, 0.25) is 6.41 Å². The normalized spacial score (nSPS) is 18.0. The van der Waals surface area contributed by atoms with E-state index >= 15 is 0 Å². The summed E-state index contributed by atoms with van der Waals surface area (Å²) in [5.74, 6) is -3.39. The Bertz CT molecular complexity index is 800. The van der Waals surface area contributed by atoms with Crippen molar-refractivity contribution >= 4 is 30.8 Å². The second-order valence-corrected chi connectivity index (χ2v) is 8.02. The number of benzene rings is 1. The highest BCUT2D eigenvalue weighted by Gasteiger charge is 2.51. The maximum absolute atomic E-state index is 13.2. The predicted octanol–water partition coefficient (Wildman–Crippen LogP) is 1.58. The lowest BCUT2D eigenvalue weighted by Gasteiger charge is -2.46. The molecule has 31 heavy (non-hydrogen) atoms. The number of hydroxylamine groups is 2. The van der Waals surface area contributed by atoms with E-state index in [-0.39, 0.29) is 23.6 Å². The van der Waals surface area contributed by atoms with Gasteiger partial charge in [-0.1, -0.05) is 24.3 Å². The molecule has 1 saturated heterocycles. The molecule has 0 aliphatic carbocycles. The molecule has 7 nitrogen and oxygen atoms in total. The quantitative estimate of drug-likeness (QED) is 0.293. The molecule has 1 aromatic rings. The van der Waals surface area contributed by atoms with Gasteiger partial charge in [0.15, 0.2) is 5.78 Å². The number of Topliss-reactive ketones (excluding diaryl/α,β-unsaturated/α-hetero) is 1. The number of nitrogens with two attached hydrogens (primary N) is 1. The van der Waals surface area contributed by atoms with Gasteiger partial charge in [0.1, 0.15) is 6.04 Å². The van der Waals surface area contributed by atoms with Crippen LogP contribution in [0.2, 0.25) is 0 Å². The number of hydrogen-bond donors (Lipinski definition) is 3. The van der Waals surface area contributed by atoms with Crippen LogP contribution in [0.4, 0.5) is 13.2 Å². The second-order valence-electron chi connectivity index (χ2n) is 7.65. The minimum absolute atomic E-state index is 0.0704. The van der Waals surface area contributed by atoms with Crippen LogP contribution in [0.3, 0.4) is 0 Å². The van der Waals surface area contributed by atoms with E-state index in [1.165, 1.54) is 0 Å². The molecule has 0 aromatic heterocycles. The zero-order chi connectivity index (χ0) is 23.2. The zero-order valence-corrected chi connectivity index (χ0v) is 17.9. The van der Waals surface area contributed by atoms with Crippen LogP contribution in [-0.4, -0.2) is 60.3 Å². The van der Waals surface area contributed by atoms with Gasteiger partial charge in [0.25, 0.3) is 0 Å². The number of nitrogens with one attached hydrogen (secondary N) is 1. The highest BCUT2D eigenvalue weighted by molar-refractivity contribution is 7.80. The Morgan fingerprint density at radius 1 is 1.32 bits per heavy atom. The zero-order valence-electron chi connectivity index (χ0n) is 17.0.